The zero-order chi connectivity index (χ0) is 28.1. The number of amides is 2. The second-order valence-corrected chi connectivity index (χ2v) is 10.8. The van der Waals surface area contributed by atoms with Gasteiger partial charge in [-0.05, 0) is 31.3 Å². The second-order valence-electron chi connectivity index (χ2n) is 8.85. The number of hydrogen-bond acceptors (Lipinski definition) is 13. The highest BCUT2D eigenvalue weighted by molar-refractivity contribution is 8.00. The molecule has 3 atom stereocenters. The van der Waals surface area contributed by atoms with Crippen LogP contribution < -0.4 is 11.1 Å². The molecule has 2 amide bonds. The Kier molecular flexibility index (Phi) is 9.12. The van der Waals surface area contributed by atoms with Gasteiger partial charge in [-0.2, -0.15) is 0 Å². The van der Waals surface area contributed by atoms with Gasteiger partial charge in [-0.1, -0.05) is 24.2 Å². The highest BCUT2D eigenvalue weighted by Crippen LogP contribution is 2.41. The van der Waals surface area contributed by atoms with Gasteiger partial charge in [0.2, 0.25) is 6.29 Å². The van der Waals surface area contributed by atoms with Crippen LogP contribution in [0, 0.1) is 0 Å². The topological polar surface area (TPSA) is 172 Å². The number of nitrogens with zero attached hydrogens (tertiary/aromatic N) is 3. The largest absolute Gasteiger partial charge is 0.511 e. The van der Waals surface area contributed by atoms with Gasteiger partial charge in [0.1, 0.15) is 36.0 Å². The monoisotopic (exact) mass is 579 g/mol. The van der Waals surface area contributed by atoms with E-state index in [1.54, 1.807) is 5.38 Å². The van der Waals surface area contributed by atoms with E-state index in [0.29, 0.717) is 11.3 Å². The van der Waals surface area contributed by atoms with Crippen molar-refractivity contribution in [3.63, 3.8) is 0 Å². The molecule has 1 saturated carbocycles. The third kappa shape index (κ3) is 6.36. The molecule has 0 bridgehead atoms. The number of oxime groups is 1. The van der Waals surface area contributed by atoms with E-state index < -0.39 is 41.6 Å². The molecule has 15 heteroatoms. The van der Waals surface area contributed by atoms with E-state index in [-0.39, 0.29) is 28.3 Å². The molecule has 13 nitrogen and oxygen atoms in total. The molecule has 0 spiro atoms. The SMILES string of the molecule is C=CC1=C(C(=O)OC(C)OC(=O)OC2CCCCC2)N2C(=O)[C@@H](NC(=O)/C(=N\OC)c3csc(N)n3)[C@H]2SC1. The van der Waals surface area contributed by atoms with E-state index in [0.717, 1.165) is 43.4 Å². The number of esters is 1. The summed E-state index contributed by atoms with van der Waals surface area (Å²) in [6.07, 6.45) is 3.65. The van der Waals surface area contributed by atoms with Gasteiger partial charge in [-0.3, -0.25) is 14.5 Å². The van der Waals surface area contributed by atoms with Crippen LogP contribution >= 0.6 is 23.1 Å². The van der Waals surface area contributed by atoms with Gasteiger partial charge < -0.3 is 30.1 Å². The number of carbonyl (C=O) groups excluding carboxylic acids is 4. The maximum Gasteiger partial charge on any atom is 0.511 e. The van der Waals surface area contributed by atoms with Crippen molar-refractivity contribution in [2.75, 3.05) is 18.6 Å². The van der Waals surface area contributed by atoms with Crippen molar-refractivity contribution in [1.82, 2.24) is 15.2 Å². The zero-order valence-electron chi connectivity index (χ0n) is 21.4. The molecular formula is C24H29N5O8S2. The van der Waals surface area contributed by atoms with Crippen LogP contribution in [0.25, 0.3) is 0 Å². The number of carbonyl (C=O) groups is 4. The first kappa shape index (κ1) is 28.4. The van der Waals surface area contributed by atoms with Crippen molar-refractivity contribution < 1.29 is 38.2 Å². The Morgan fingerprint density at radius 2 is 2.03 bits per heavy atom. The molecule has 1 aromatic rings. The van der Waals surface area contributed by atoms with Crippen LogP contribution in [0.3, 0.4) is 0 Å². The number of thiazole rings is 1. The van der Waals surface area contributed by atoms with E-state index in [2.05, 4.69) is 22.0 Å². The lowest BCUT2D eigenvalue weighted by molar-refractivity contribution is -0.169. The van der Waals surface area contributed by atoms with Gasteiger partial charge in [0.25, 0.3) is 11.8 Å². The fraction of sp³-hybridized carbons (Fsp3) is 0.500. The van der Waals surface area contributed by atoms with E-state index >= 15 is 0 Å². The standard InChI is InChI=1S/C24H29N5O8S2/c1-4-13-10-38-21-17(27-19(30)16(28-34-3)15-11-39-23(25)26-15)20(31)29(21)18(13)22(32)35-12(2)36-24(33)37-14-8-6-5-7-9-14/h4,11-12,14,17,21H,1,5-10H2,2-3H3,(H2,25,26)(H,27,30)/b28-16-/t12?,17-,21-/m1/s1. The van der Waals surface area contributed by atoms with E-state index in [1.807, 2.05) is 0 Å². The molecule has 2 fully saturated rings. The summed E-state index contributed by atoms with van der Waals surface area (Å²) in [7, 11) is 1.27. The molecule has 1 aliphatic carbocycles. The summed E-state index contributed by atoms with van der Waals surface area (Å²) < 4.78 is 15.7. The predicted octanol–water partition coefficient (Wildman–Crippen LogP) is 2.29. The van der Waals surface area contributed by atoms with Crippen LogP contribution in [-0.4, -0.2) is 76.2 Å². The molecule has 1 unspecified atom stereocenters. The van der Waals surface area contributed by atoms with Gasteiger partial charge >= 0.3 is 12.1 Å². The Labute approximate surface area is 232 Å². The molecule has 3 N–H and O–H groups in total. The molecular weight excluding hydrogens is 550 g/mol. The lowest BCUT2D eigenvalue weighted by Crippen LogP contribution is -2.71. The number of nitrogen functional groups attached to an aromatic ring is 1. The second kappa shape index (κ2) is 12.5. The Morgan fingerprint density at radius 3 is 2.67 bits per heavy atom. The van der Waals surface area contributed by atoms with Gasteiger partial charge in [0.05, 0.1) is 0 Å². The molecule has 210 valence electrons. The van der Waals surface area contributed by atoms with Gasteiger partial charge in [0.15, 0.2) is 10.8 Å². The van der Waals surface area contributed by atoms with E-state index in [9.17, 15) is 19.2 Å². The van der Waals surface area contributed by atoms with Crippen LogP contribution in [0.15, 0.2) is 34.5 Å². The normalized spacial score (nSPS) is 22.3. The first-order valence-electron chi connectivity index (χ1n) is 12.2. The van der Waals surface area contributed by atoms with Crippen molar-refractivity contribution in [3.05, 3.63) is 35.0 Å². The fourth-order valence-corrected chi connectivity index (χ4v) is 6.29. The number of allylic oxidation sites excluding steroid dienone is 1. The molecule has 0 aromatic carbocycles. The zero-order valence-corrected chi connectivity index (χ0v) is 23.0. The summed E-state index contributed by atoms with van der Waals surface area (Å²) in [4.78, 5) is 61.3. The predicted molar refractivity (Wildman–Crippen MR) is 142 cm³/mol. The molecule has 1 aromatic heterocycles. The molecule has 2 aliphatic heterocycles. The minimum Gasteiger partial charge on any atom is -0.431 e. The smallest absolute Gasteiger partial charge is 0.431 e. The van der Waals surface area contributed by atoms with Crippen LogP contribution in [0.5, 0.6) is 0 Å². The third-order valence-electron chi connectivity index (χ3n) is 6.24. The Morgan fingerprint density at radius 1 is 1.28 bits per heavy atom. The minimum absolute atomic E-state index is 0.0293. The highest BCUT2D eigenvalue weighted by atomic mass is 32.2. The lowest BCUT2D eigenvalue weighted by atomic mass is 9.98. The van der Waals surface area contributed by atoms with E-state index in [4.69, 9.17) is 24.8 Å². The molecule has 4 rings (SSSR count). The van der Waals surface area contributed by atoms with Gasteiger partial charge in [0, 0.05) is 18.1 Å². The number of aromatic nitrogens is 1. The van der Waals surface area contributed by atoms with Crippen LogP contribution in [-0.2, 0) is 33.4 Å². The quantitative estimate of drug-likeness (QED) is 0.145. The van der Waals surface area contributed by atoms with Crippen molar-refractivity contribution in [2.24, 2.45) is 5.16 Å². The average molecular weight is 580 g/mol. The van der Waals surface area contributed by atoms with Crippen molar-refractivity contribution in [3.8, 4) is 0 Å². The molecule has 3 aliphatic rings. The number of anilines is 1. The van der Waals surface area contributed by atoms with Gasteiger partial charge in [-0.15, -0.1) is 23.1 Å². The third-order valence-corrected chi connectivity index (χ3v) is 8.21. The van der Waals surface area contributed by atoms with Crippen LogP contribution in [0.2, 0.25) is 0 Å². The maximum atomic E-state index is 13.1. The summed E-state index contributed by atoms with van der Waals surface area (Å²) in [6, 6.07) is -0.950. The summed E-state index contributed by atoms with van der Waals surface area (Å²) in [5.41, 5.74) is 6.15. The van der Waals surface area contributed by atoms with Crippen molar-refractivity contribution in [2.45, 2.75) is 62.8 Å². The minimum atomic E-state index is -1.26. The lowest BCUT2D eigenvalue weighted by Gasteiger charge is -2.49. The number of ether oxygens (including phenoxy) is 3. The average Bonchev–Trinajstić information content (AvgIpc) is 3.35. The number of rotatable bonds is 9. The van der Waals surface area contributed by atoms with Gasteiger partial charge in [-0.25, -0.2) is 14.6 Å². The summed E-state index contributed by atoms with van der Waals surface area (Å²) >= 11 is 2.46. The first-order valence-corrected chi connectivity index (χ1v) is 14.2. The fourth-order valence-electron chi connectivity index (χ4n) is 4.40. The van der Waals surface area contributed by atoms with Crippen LogP contribution in [0.4, 0.5) is 9.93 Å². The summed E-state index contributed by atoms with van der Waals surface area (Å²) in [6.45, 7) is 5.11. The number of nitrogens with two attached hydrogens (primary N) is 1. The summed E-state index contributed by atoms with van der Waals surface area (Å²) in [5.74, 6) is -1.77. The van der Waals surface area contributed by atoms with E-state index in [1.165, 1.54) is 36.8 Å². The Balaban J connectivity index is 1.39. The molecule has 0 radical (unpaired) electrons. The number of hydrogen-bond donors (Lipinski definition) is 2. The van der Waals surface area contributed by atoms with Crippen molar-refractivity contribution in [1.29, 1.82) is 0 Å². The Bertz CT molecular complexity index is 1210. The maximum absolute atomic E-state index is 13.1. The highest BCUT2D eigenvalue weighted by Gasteiger charge is 2.54. The molecule has 39 heavy (non-hydrogen) atoms. The number of fused-ring (bicyclic) bond motifs is 1. The molecule has 1 saturated heterocycles. The summed E-state index contributed by atoms with van der Waals surface area (Å²) in [5, 5.41) is 7.54. The first-order chi connectivity index (χ1) is 18.7. The van der Waals surface area contributed by atoms with Crippen molar-refractivity contribution >= 4 is 57.9 Å². The Hall–Kier alpha value is -3.59. The number of thioether (sulfide) groups is 1. The number of β-lactam (4-membered cyclic amide) rings is 1. The van der Waals surface area contributed by atoms with Crippen LogP contribution in [0.1, 0.15) is 44.7 Å². The number of nitrogens with one attached hydrogen (secondary N) is 1. The molecule has 3 heterocycles.